The third kappa shape index (κ3) is 2.38. The van der Waals surface area contributed by atoms with Crippen LogP contribution in [0.1, 0.15) is 31.4 Å². The van der Waals surface area contributed by atoms with Crippen molar-refractivity contribution >= 4 is 0 Å². The monoisotopic (exact) mass is 277 g/mol. The molecule has 20 heavy (non-hydrogen) atoms. The molecule has 0 aromatic heterocycles. The maximum atomic E-state index is 10.4. The van der Waals surface area contributed by atoms with Crippen LogP contribution in [-0.2, 0) is 0 Å². The van der Waals surface area contributed by atoms with Crippen LogP contribution in [0.2, 0.25) is 0 Å². The van der Waals surface area contributed by atoms with E-state index in [-0.39, 0.29) is 6.04 Å². The summed E-state index contributed by atoms with van der Waals surface area (Å²) in [5, 5.41) is 10.4. The van der Waals surface area contributed by atoms with Gasteiger partial charge in [0.15, 0.2) is 11.5 Å². The number of likely N-dealkylation sites (tertiary alicyclic amines) is 1. The van der Waals surface area contributed by atoms with Crippen LogP contribution in [0, 0.1) is 5.92 Å². The quantitative estimate of drug-likeness (QED) is 0.900. The van der Waals surface area contributed by atoms with Gasteiger partial charge in [-0.1, -0.05) is 19.1 Å². The van der Waals surface area contributed by atoms with Gasteiger partial charge >= 0.3 is 0 Å². The van der Waals surface area contributed by atoms with Crippen molar-refractivity contribution in [3.8, 4) is 11.5 Å². The van der Waals surface area contributed by atoms with Crippen molar-refractivity contribution in [2.45, 2.75) is 31.9 Å². The van der Waals surface area contributed by atoms with E-state index >= 15 is 0 Å². The summed E-state index contributed by atoms with van der Waals surface area (Å²) in [6.07, 6.45) is 1.93. The fraction of sp³-hybridized carbons (Fsp3) is 0.625. The molecule has 2 aliphatic rings. The Kier molecular flexibility index (Phi) is 3.85. The van der Waals surface area contributed by atoms with Gasteiger partial charge in [-0.25, -0.2) is 0 Å². The van der Waals surface area contributed by atoms with E-state index in [4.69, 9.17) is 9.47 Å². The van der Waals surface area contributed by atoms with Gasteiger partial charge in [0.25, 0.3) is 0 Å². The molecule has 1 saturated heterocycles. The van der Waals surface area contributed by atoms with Gasteiger partial charge in [-0.05, 0) is 37.9 Å². The SMILES string of the molecule is COc1cccc2c1OCC(O)C2N1CCC(C)CC1. The maximum absolute atomic E-state index is 10.4. The van der Waals surface area contributed by atoms with Crippen molar-refractivity contribution in [1.82, 2.24) is 4.90 Å². The van der Waals surface area contributed by atoms with E-state index < -0.39 is 6.10 Å². The number of piperidine rings is 1. The van der Waals surface area contributed by atoms with E-state index in [1.54, 1.807) is 7.11 Å². The van der Waals surface area contributed by atoms with Crippen LogP contribution in [0.25, 0.3) is 0 Å². The molecule has 4 heteroatoms. The van der Waals surface area contributed by atoms with Crippen LogP contribution >= 0.6 is 0 Å². The van der Waals surface area contributed by atoms with Crippen molar-refractivity contribution in [3.05, 3.63) is 23.8 Å². The highest BCUT2D eigenvalue weighted by Crippen LogP contribution is 2.42. The van der Waals surface area contributed by atoms with Gasteiger partial charge in [0, 0.05) is 5.56 Å². The highest BCUT2D eigenvalue weighted by Gasteiger charge is 2.36. The fourth-order valence-electron chi connectivity index (χ4n) is 3.29. The molecule has 0 aliphatic carbocycles. The summed E-state index contributed by atoms with van der Waals surface area (Å²) in [7, 11) is 1.65. The number of nitrogens with zero attached hydrogens (tertiary/aromatic N) is 1. The summed E-state index contributed by atoms with van der Waals surface area (Å²) < 4.78 is 11.1. The molecule has 2 unspecified atom stereocenters. The molecule has 1 fully saturated rings. The summed E-state index contributed by atoms with van der Waals surface area (Å²) in [6, 6.07) is 5.95. The molecule has 1 aromatic carbocycles. The smallest absolute Gasteiger partial charge is 0.166 e. The highest BCUT2D eigenvalue weighted by molar-refractivity contribution is 5.49. The summed E-state index contributed by atoms with van der Waals surface area (Å²) >= 11 is 0. The molecule has 110 valence electrons. The molecule has 2 aliphatic heterocycles. The number of methoxy groups -OCH3 is 1. The second kappa shape index (κ2) is 5.62. The average molecular weight is 277 g/mol. The molecule has 0 amide bonds. The Morgan fingerprint density at radius 2 is 2.05 bits per heavy atom. The number of benzene rings is 1. The van der Waals surface area contributed by atoms with Crippen molar-refractivity contribution in [2.24, 2.45) is 5.92 Å². The Bertz CT molecular complexity index is 469. The first-order valence-corrected chi connectivity index (χ1v) is 7.42. The average Bonchev–Trinajstić information content (AvgIpc) is 2.47. The molecule has 0 radical (unpaired) electrons. The molecule has 0 bridgehead atoms. The molecule has 2 atom stereocenters. The number of aliphatic hydroxyl groups is 1. The van der Waals surface area contributed by atoms with Crippen LogP contribution in [0.15, 0.2) is 18.2 Å². The van der Waals surface area contributed by atoms with Crippen molar-refractivity contribution < 1.29 is 14.6 Å². The third-order valence-corrected chi connectivity index (χ3v) is 4.52. The minimum atomic E-state index is -0.469. The molecule has 1 aromatic rings. The largest absolute Gasteiger partial charge is 0.493 e. The molecular formula is C16H23NO3. The highest BCUT2D eigenvalue weighted by atomic mass is 16.5. The van der Waals surface area contributed by atoms with Gasteiger partial charge in [-0.2, -0.15) is 0 Å². The number of ether oxygens (including phenoxy) is 2. The lowest BCUT2D eigenvalue weighted by Crippen LogP contribution is -2.45. The minimum absolute atomic E-state index is 0.0290. The Morgan fingerprint density at radius 1 is 1.30 bits per heavy atom. The lowest BCUT2D eigenvalue weighted by Gasteiger charge is -2.41. The number of hydrogen-bond donors (Lipinski definition) is 1. The second-order valence-electron chi connectivity index (χ2n) is 5.92. The first-order valence-electron chi connectivity index (χ1n) is 7.42. The van der Waals surface area contributed by atoms with Gasteiger partial charge in [0.2, 0.25) is 0 Å². The van der Waals surface area contributed by atoms with Crippen molar-refractivity contribution in [1.29, 1.82) is 0 Å². The van der Waals surface area contributed by atoms with Gasteiger partial charge in [0.05, 0.1) is 13.2 Å². The molecule has 2 heterocycles. The van der Waals surface area contributed by atoms with Crippen LogP contribution in [-0.4, -0.2) is 42.9 Å². The number of rotatable bonds is 2. The predicted molar refractivity (Wildman–Crippen MR) is 77.2 cm³/mol. The Balaban J connectivity index is 1.91. The van der Waals surface area contributed by atoms with Crippen LogP contribution in [0.4, 0.5) is 0 Å². The molecule has 0 saturated carbocycles. The number of para-hydroxylation sites is 1. The number of aliphatic hydroxyl groups excluding tert-OH is 1. The van der Waals surface area contributed by atoms with E-state index in [1.165, 1.54) is 12.8 Å². The minimum Gasteiger partial charge on any atom is -0.493 e. The van der Waals surface area contributed by atoms with Crippen LogP contribution in [0.5, 0.6) is 11.5 Å². The van der Waals surface area contributed by atoms with E-state index in [0.717, 1.165) is 36.1 Å². The lowest BCUT2D eigenvalue weighted by molar-refractivity contribution is -0.0123. The van der Waals surface area contributed by atoms with Gasteiger partial charge in [-0.15, -0.1) is 0 Å². The van der Waals surface area contributed by atoms with Crippen LogP contribution < -0.4 is 9.47 Å². The first-order chi connectivity index (χ1) is 9.70. The number of hydrogen-bond acceptors (Lipinski definition) is 4. The zero-order valence-electron chi connectivity index (χ0n) is 12.2. The maximum Gasteiger partial charge on any atom is 0.166 e. The molecule has 4 nitrogen and oxygen atoms in total. The zero-order valence-corrected chi connectivity index (χ0v) is 12.2. The summed E-state index contributed by atoms with van der Waals surface area (Å²) in [4.78, 5) is 2.39. The molecule has 3 rings (SSSR count). The first kappa shape index (κ1) is 13.7. The third-order valence-electron chi connectivity index (χ3n) is 4.52. The Hall–Kier alpha value is -1.26. The fourth-order valence-corrected chi connectivity index (χ4v) is 3.29. The van der Waals surface area contributed by atoms with Gasteiger partial charge < -0.3 is 14.6 Å². The van der Waals surface area contributed by atoms with E-state index in [2.05, 4.69) is 11.8 Å². The second-order valence-corrected chi connectivity index (χ2v) is 5.92. The predicted octanol–water partition coefficient (Wildman–Crippen LogP) is 2.22. The Labute approximate surface area is 120 Å². The summed E-state index contributed by atoms with van der Waals surface area (Å²) in [5.41, 5.74) is 1.05. The summed E-state index contributed by atoms with van der Waals surface area (Å²) in [5.74, 6) is 2.33. The van der Waals surface area contributed by atoms with E-state index in [1.807, 2.05) is 18.2 Å². The van der Waals surface area contributed by atoms with E-state index in [0.29, 0.717) is 6.61 Å². The topological polar surface area (TPSA) is 41.9 Å². The van der Waals surface area contributed by atoms with E-state index in [9.17, 15) is 5.11 Å². The van der Waals surface area contributed by atoms with Gasteiger partial charge in [0.1, 0.15) is 12.7 Å². The normalized spacial score (nSPS) is 27.8. The molecule has 0 spiro atoms. The van der Waals surface area contributed by atoms with Gasteiger partial charge in [-0.3, -0.25) is 4.90 Å². The summed E-state index contributed by atoms with van der Waals surface area (Å²) in [6.45, 7) is 4.72. The Morgan fingerprint density at radius 3 is 2.75 bits per heavy atom. The lowest BCUT2D eigenvalue weighted by atomic mass is 9.91. The van der Waals surface area contributed by atoms with Crippen molar-refractivity contribution in [2.75, 3.05) is 26.8 Å². The zero-order chi connectivity index (χ0) is 14.1. The molecular weight excluding hydrogens is 254 g/mol. The standard InChI is InChI=1S/C16H23NO3/c1-11-6-8-17(9-7-11)15-12-4-3-5-14(19-2)16(12)20-10-13(15)18/h3-5,11,13,15,18H,6-10H2,1-2H3. The molecule has 1 N–H and O–H groups in total. The number of fused-ring (bicyclic) bond motifs is 1. The van der Waals surface area contributed by atoms with Crippen molar-refractivity contribution in [3.63, 3.8) is 0 Å². The van der Waals surface area contributed by atoms with Crippen LogP contribution in [0.3, 0.4) is 0 Å².